The van der Waals surface area contributed by atoms with Crippen molar-refractivity contribution in [3.05, 3.63) is 82.9 Å². The summed E-state index contributed by atoms with van der Waals surface area (Å²) < 4.78 is 28.2. The van der Waals surface area contributed by atoms with E-state index in [4.69, 9.17) is 23.7 Å². The minimum atomic E-state index is -0.379. The van der Waals surface area contributed by atoms with Gasteiger partial charge in [-0.25, -0.2) is 4.79 Å². The predicted octanol–water partition coefficient (Wildman–Crippen LogP) is 3.27. The predicted molar refractivity (Wildman–Crippen MR) is 166 cm³/mol. The molecule has 3 aromatic rings. The maximum absolute atomic E-state index is 13.3. The van der Waals surface area contributed by atoms with Crippen molar-refractivity contribution < 1.29 is 38.1 Å². The van der Waals surface area contributed by atoms with Crippen LogP contribution in [-0.4, -0.2) is 75.9 Å². The number of benzene rings is 3. The normalized spacial score (nSPS) is 19.3. The van der Waals surface area contributed by atoms with Gasteiger partial charge in [0.25, 0.3) is 5.91 Å². The van der Waals surface area contributed by atoms with Crippen LogP contribution in [-0.2, 0) is 33.8 Å². The van der Waals surface area contributed by atoms with Gasteiger partial charge in [0.1, 0.15) is 17.6 Å². The molecule has 3 aliphatic heterocycles. The highest BCUT2D eigenvalue weighted by atomic mass is 16.5. The summed E-state index contributed by atoms with van der Waals surface area (Å²) in [5, 5.41) is 6.10. The quantitative estimate of drug-likeness (QED) is 0.415. The Hall–Kier alpha value is -4.77. The first kappa shape index (κ1) is 31.6. The number of likely N-dealkylation sites (tertiary alicyclic amines) is 1. The summed E-state index contributed by atoms with van der Waals surface area (Å²) >= 11 is 0. The molecule has 1 fully saturated rings. The van der Waals surface area contributed by atoms with Crippen LogP contribution >= 0.6 is 0 Å². The number of carbonyl (C=O) groups excluding carboxylic acids is 3. The van der Waals surface area contributed by atoms with Gasteiger partial charge < -0.3 is 34.3 Å². The molecule has 11 nitrogen and oxygen atoms in total. The number of fused-ring (bicyclic) bond motifs is 9. The standard InChI is InChI=1S/C34H39N3O8/c1-41-29-12-6-22-7-13-32(38)35-18-25-10-11-26(17-30(25)42-2)45-28-14-15-37(19-23-4-8-24(9-5-23)34(40)43-3)20-27(28)36-33(39)21-44-31(29)16-22/h4-6,8-12,16-17,27-28H,7,13-15,18-21H2,1-3H3,(H,35,38)(H,36,39)/t27-,28+/m1/s1. The lowest BCUT2D eigenvalue weighted by Crippen LogP contribution is -2.57. The molecule has 45 heavy (non-hydrogen) atoms. The molecule has 11 heteroatoms. The average molecular weight is 618 g/mol. The average Bonchev–Trinajstić information content (AvgIpc) is 3.06. The van der Waals surface area contributed by atoms with E-state index >= 15 is 0 Å². The van der Waals surface area contributed by atoms with Gasteiger partial charge in [0.15, 0.2) is 18.1 Å². The summed E-state index contributed by atoms with van der Waals surface area (Å²) in [5.74, 6) is 1.37. The molecule has 0 spiro atoms. The van der Waals surface area contributed by atoms with E-state index in [0.717, 1.165) is 23.2 Å². The number of hydrogen-bond acceptors (Lipinski definition) is 9. The number of nitrogens with one attached hydrogen (secondary N) is 2. The van der Waals surface area contributed by atoms with Crippen molar-refractivity contribution in [1.82, 2.24) is 15.5 Å². The Morgan fingerprint density at radius 3 is 2.49 bits per heavy atom. The van der Waals surface area contributed by atoms with Crippen LogP contribution in [0.1, 0.15) is 39.9 Å². The number of piperidine rings is 1. The molecule has 2 atom stereocenters. The van der Waals surface area contributed by atoms with Gasteiger partial charge in [-0.2, -0.15) is 0 Å². The minimum absolute atomic E-state index is 0.0954. The molecule has 3 heterocycles. The van der Waals surface area contributed by atoms with Crippen LogP contribution in [0.15, 0.2) is 60.7 Å². The molecule has 4 bridgehead atoms. The molecule has 0 radical (unpaired) electrons. The highest BCUT2D eigenvalue weighted by Gasteiger charge is 2.32. The smallest absolute Gasteiger partial charge is 0.337 e. The number of rotatable bonds is 5. The minimum Gasteiger partial charge on any atom is -0.496 e. The molecule has 1 saturated heterocycles. The summed E-state index contributed by atoms with van der Waals surface area (Å²) in [6, 6.07) is 18.0. The zero-order valence-corrected chi connectivity index (χ0v) is 25.8. The van der Waals surface area contributed by atoms with Crippen LogP contribution in [0.25, 0.3) is 0 Å². The Morgan fingerprint density at radius 1 is 0.933 bits per heavy atom. The van der Waals surface area contributed by atoms with Gasteiger partial charge in [0, 0.05) is 44.2 Å². The zero-order valence-electron chi connectivity index (χ0n) is 25.8. The molecule has 0 unspecified atom stereocenters. The van der Waals surface area contributed by atoms with Crippen molar-refractivity contribution in [3.63, 3.8) is 0 Å². The molecular formula is C34H39N3O8. The van der Waals surface area contributed by atoms with E-state index < -0.39 is 0 Å². The Kier molecular flexibility index (Phi) is 10.4. The number of carbonyl (C=O) groups is 3. The number of amides is 2. The first-order valence-corrected chi connectivity index (χ1v) is 14.9. The lowest BCUT2D eigenvalue weighted by atomic mass is 10.0. The zero-order chi connectivity index (χ0) is 31.8. The molecule has 2 amide bonds. The summed E-state index contributed by atoms with van der Waals surface area (Å²) in [4.78, 5) is 40.0. The summed E-state index contributed by atoms with van der Waals surface area (Å²) in [7, 11) is 4.48. The van der Waals surface area contributed by atoms with Gasteiger partial charge in [-0.1, -0.05) is 18.2 Å². The Bertz CT molecular complexity index is 1510. The second kappa shape index (κ2) is 14.8. The highest BCUT2D eigenvalue weighted by molar-refractivity contribution is 5.89. The SMILES string of the molecule is COC(=O)c1ccc(CN2CC[C@@H]3Oc4ccc(c(OC)c4)CNC(=O)CCc4ccc(OC)c(c4)OCC(=O)N[C@@H]3C2)cc1. The number of esters is 1. The van der Waals surface area contributed by atoms with E-state index in [1.54, 1.807) is 38.5 Å². The number of nitrogens with zero attached hydrogens (tertiary/aromatic N) is 1. The number of aryl methyl sites for hydroxylation is 1. The van der Waals surface area contributed by atoms with Gasteiger partial charge in [-0.05, 0) is 60.4 Å². The highest BCUT2D eigenvalue weighted by Crippen LogP contribution is 2.30. The molecular weight excluding hydrogens is 578 g/mol. The fourth-order valence-electron chi connectivity index (χ4n) is 5.58. The van der Waals surface area contributed by atoms with Crippen molar-refractivity contribution in [1.29, 1.82) is 0 Å². The third-order valence-corrected chi connectivity index (χ3v) is 8.01. The van der Waals surface area contributed by atoms with Crippen LogP contribution in [0, 0.1) is 0 Å². The van der Waals surface area contributed by atoms with Crippen molar-refractivity contribution in [2.24, 2.45) is 0 Å². The van der Waals surface area contributed by atoms with E-state index in [1.807, 2.05) is 36.4 Å². The summed E-state index contributed by atoms with van der Waals surface area (Å²) in [6.07, 6.45) is 1.11. The first-order chi connectivity index (χ1) is 21.8. The van der Waals surface area contributed by atoms with Crippen molar-refractivity contribution in [2.45, 2.75) is 44.5 Å². The number of hydrogen-bond donors (Lipinski definition) is 2. The van der Waals surface area contributed by atoms with Crippen molar-refractivity contribution >= 4 is 17.8 Å². The third-order valence-electron chi connectivity index (χ3n) is 8.01. The second-order valence-corrected chi connectivity index (χ2v) is 11.1. The molecule has 2 N–H and O–H groups in total. The van der Waals surface area contributed by atoms with Gasteiger partial charge in [-0.3, -0.25) is 14.5 Å². The monoisotopic (exact) mass is 617 g/mol. The Labute approximate surface area is 262 Å². The maximum atomic E-state index is 13.3. The lowest BCUT2D eigenvalue weighted by Gasteiger charge is -2.39. The molecule has 0 aromatic heterocycles. The molecule has 3 aliphatic rings. The van der Waals surface area contributed by atoms with E-state index in [1.165, 1.54) is 7.11 Å². The molecule has 0 saturated carbocycles. The van der Waals surface area contributed by atoms with Crippen molar-refractivity contribution in [3.8, 4) is 23.0 Å². The van der Waals surface area contributed by atoms with Crippen LogP contribution in [0.3, 0.4) is 0 Å². The fourth-order valence-corrected chi connectivity index (χ4v) is 5.58. The Morgan fingerprint density at radius 2 is 1.73 bits per heavy atom. The van der Waals surface area contributed by atoms with Crippen molar-refractivity contribution in [2.75, 3.05) is 41.0 Å². The Balaban J connectivity index is 1.37. The maximum Gasteiger partial charge on any atom is 0.337 e. The van der Waals surface area contributed by atoms with Gasteiger partial charge in [0.05, 0.1) is 32.9 Å². The van der Waals surface area contributed by atoms with E-state index in [-0.39, 0.29) is 43.0 Å². The second-order valence-electron chi connectivity index (χ2n) is 11.1. The van der Waals surface area contributed by atoms with Crippen LogP contribution in [0.5, 0.6) is 23.0 Å². The molecule has 6 rings (SSSR count). The third kappa shape index (κ3) is 8.24. The summed E-state index contributed by atoms with van der Waals surface area (Å²) in [6.45, 7) is 2.00. The van der Waals surface area contributed by atoms with Gasteiger partial charge in [0.2, 0.25) is 5.91 Å². The van der Waals surface area contributed by atoms with E-state index in [2.05, 4.69) is 15.5 Å². The topological polar surface area (TPSA) is 125 Å². The van der Waals surface area contributed by atoms with Crippen LogP contribution in [0.2, 0.25) is 0 Å². The lowest BCUT2D eigenvalue weighted by molar-refractivity contribution is -0.125. The largest absolute Gasteiger partial charge is 0.496 e. The fraction of sp³-hybridized carbons (Fsp3) is 0.382. The number of ether oxygens (including phenoxy) is 5. The van der Waals surface area contributed by atoms with Crippen LogP contribution in [0.4, 0.5) is 0 Å². The van der Waals surface area contributed by atoms with E-state index in [0.29, 0.717) is 61.0 Å². The molecule has 238 valence electrons. The van der Waals surface area contributed by atoms with E-state index in [9.17, 15) is 14.4 Å². The molecule has 0 aliphatic carbocycles. The summed E-state index contributed by atoms with van der Waals surface area (Å²) in [5.41, 5.74) is 3.24. The molecule has 3 aromatic carbocycles. The first-order valence-electron chi connectivity index (χ1n) is 14.9. The number of methoxy groups -OCH3 is 3. The van der Waals surface area contributed by atoms with Gasteiger partial charge >= 0.3 is 5.97 Å². The van der Waals surface area contributed by atoms with Gasteiger partial charge in [-0.15, -0.1) is 0 Å². The van der Waals surface area contributed by atoms with Crippen LogP contribution < -0.4 is 29.6 Å².